The Labute approximate surface area is 134 Å². The molecule has 0 saturated heterocycles. The molecule has 0 aromatic rings. The number of ether oxygens (including phenoxy) is 3. The molecule has 11 heteroatoms. The number of aliphatic hydroxyl groups excluding tert-OH is 1. The number of carbonyl (C=O) groups is 2. The molecule has 0 radical (unpaired) electrons. The van der Waals surface area contributed by atoms with Gasteiger partial charge in [0.1, 0.15) is 20.1 Å². The molecule has 132 valence electrons. The number of rotatable bonds is 9. The van der Waals surface area contributed by atoms with E-state index >= 15 is 0 Å². The zero-order chi connectivity index (χ0) is 17.5. The molecule has 0 bridgehead atoms. The Balaban J connectivity index is 2.67. The molecular weight excluding hydrogens is 332 g/mol. The van der Waals surface area contributed by atoms with Crippen LogP contribution >= 0.6 is 0 Å². The summed E-state index contributed by atoms with van der Waals surface area (Å²) in [7, 11) is -4.14. The van der Waals surface area contributed by atoms with Gasteiger partial charge >= 0.3 is 16.2 Å². The van der Waals surface area contributed by atoms with Gasteiger partial charge in [0.15, 0.2) is 0 Å². The van der Waals surface area contributed by atoms with Gasteiger partial charge in [-0.15, -0.1) is 0 Å². The van der Waals surface area contributed by atoms with E-state index in [0.29, 0.717) is 4.31 Å². The highest BCUT2D eigenvalue weighted by molar-refractivity contribution is 7.87. The van der Waals surface area contributed by atoms with Crippen molar-refractivity contribution in [1.82, 2.24) is 8.61 Å². The van der Waals surface area contributed by atoms with Crippen LogP contribution in [0, 0.1) is 0 Å². The highest BCUT2D eigenvalue weighted by Crippen LogP contribution is 2.21. The molecule has 1 rings (SSSR count). The van der Waals surface area contributed by atoms with Gasteiger partial charge in [-0.05, 0) is 6.92 Å². The molecule has 0 saturated carbocycles. The molecule has 10 nitrogen and oxygen atoms in total. The lowest BCUT2D eigenvalue weighted by Crippen LogP contribution is -2.50. The summed E-state index contributed by atoms with van der Waals surface area (Å²) in [6.07, 6.45) is 1.14. The third-order valence-corrected chi connectivity index (χ3v) is 4.51. The van der Waals surface area contributed by atoms with Crippen LogP contribution in [0.15, 0.2) is 11.8 Å². The summed E-state index contributed by atoms with van der Waals surface area (Å²) in [6.45, 7) is 1.46. The lowest BCUT2D eigenvalue weighted by Gasteiger charge is -2.34. The van der Waals surface area contributed by atoms with Gasteiger partial charge in [-0.3, -0.25) is 9.59 Å². The fourth-order valence-corrected chi connectivity index (χ4v) is 2.99. The Morgan fingerprint density at radius 1 is 1.17 bits per heavy atom. The van der Waals surface area contributed by atoms with Crippen molar-refractivity contribution in [3.63, 3.8) is 0 Å². The Hall–Kier alpha value is -1.69. The van der Waals surface area contributed by atoms with Gasteiger partial charge in [-0.25, -0.2) is 4.31 Å². The molecule has 1 N–H and O–H groups in total. The second kappa shape index (κ2) is 8.82. The molecule has 0 fully saturated rings. The second-order valence-electron chi connectivity index (χ2n) is 4.47. The molecule has 0 aromatic carbocycles. The smallest absolute Gasteiger partial charge is 0.332 e. The molecule has 23 heavy (non-hydrogen) atoms. The van der Waals surface area contributed by atoms with E-state index in [4.69, 9.17) is 14.6 Å². The van der Waals surface area contributed by atoms with Gasteiger partial charge in [0.05, 0.1) is 19.8 Å². The minimum absolute atomic E-state index is 0.0356. The molecule has 0 aromatic heterocycles. The molecule has 0 spiro atoms. The lowest BCUT2D eigenvalue weighted by atomic mass is 10.4. The molecule has 1 aliphatic rings. The Morgan fingerprint density at radius 3 is 2.39 bits per heavy atom. The number of esters is 1. The van der Waals surface area contributed by atoms with Crippen molar-refractivity contribution in [1.29, 1.82) is 0 Å². The van der Waals surface area contributed by atoms with Crippen LogP contribution in [-0.4, -0.2) is 73.9 Å². The van der Waals surface area contributed by atoms with Crippen molar-refractivity contribution >= 4 is 22.1 Å². The van der Waals surface area contributed by atoms with Crippen LogP contribution in [0.3, 0.4) is 0 Å². The standard InChI is InChI=1S/C12H20N2O8S/c1-10-7-12(17)14(9-21-5-6-22-11(2)16)23(18,19)13(10)8-20-4-3-15/h7,15H,3-6,8-9H2,1-2H3. The van der Waals surface area contributed by atoms with E-state index in [1.165, 1.54) is 13.8 Å². The van der Waals surface area contributed by atoms with E-state index in [9.17, 15) is 18.0 Å². The first-order valence-electron chi connectivity index (χ1n) is 6.73. The average Bonchev–Trinajstić information content (AvgIpc) is 2.44. The highest BCUT2D eigenvalue weighted by atomic mass is 32.2. The Bertz CT molecular complexity index is 559. The number of nitrogens with zero attached hydrogens (tertiary/aromatic N) is 2. The fraction of sp³-hybridized carbons (Fsp3) is 0.667. The van der Waals surface area contributed by atoms with Gasteiger partial charge in [0, 0.05) is 18.7 Å². The first kappa shape index (κ1) is 19.4. The van der Waals surface area contributed by atoms with Crippen LogP contribution in [0.4, 0.5) is 0 Å². The van der Waals surface area contributed by atoms with Crippen LogP contribution in [0.1, 0.15) is 13.8 Å². The number of carbonyl (C=O) groups excluding carboxylic acids is 2. The van der Waals surface area contributed by atoms with Crippen LogP contribution < -0.4 is 0 Å². The van der Waals surface area contributed by atoms with E-state index in [2.05, 4.69) is 4.74 Å². The number of amides is 1. The van der Waals surface area contributed by atoms with E-state index in [0.717, 1.165) is 10.4 Å². The zero-order valence-electron chi connectivity index (χ0n) is 12.9. The van der Waals surface area contributed by atoms with E-state index < -0.39 is 28.8 Å². The van der Waals surface area contributed by atoms with E-state index in [1.54, 1.807) is 0 Å². The number of allylic oxidation sites excluding steroid dienone is 1. The summed E-state index contributed by atoms with van der Waals surface area (Å²) in [6, 6.07) is 0. The lowest BCUT2D eigenvalue weighted by molar-refractivity contribution is -0.143. The molecule has 0 atom stereocenters. The molecule has 0 aliphatic carbocycles. The summed E-state index contributed by atoms with van der Waals surface area (Å²) in [4.78, 5) is 22.4. The molecule has 1 aliphatic heterocycles. The summed E-state index contributed by atoms with van der Waals surface area (Å²) in [5, 5.41) is 8.66. The summed E-state index contributed by atoms with van der Waals surface area (Å²) >= 11 is 0. The van der Waals surface area contributed by atoms with Gasteiger partial charge in [-0.2, -0.15) is 12.7 Å². The minimum atomic E-state index is -4.14. The topological polar surface area (TPSA) is 123 Å². The van der Waals surface area contributed by atoms with Crippen molar-refractivity contribution in [2.75, 3.05) is 39.9 Å². The van der Waals surface area contributed by atoms with Crippen LogP contribution in [-0.2, 0) is 34.0 Å². The van der Waals surface area contributed by atoms with Gasteiger partial charge < -0.3 is 19.3 Å². The number of aliphatic hydroxyl groups is 1. The third kappa shape index (κ3) is 5.46. The predicted octanol–water partition coefficient (Wildman–Crippen LogP) is -1.22. The highest BCUT2D eigenvalue weighted by Gasteiger charge is 2.37. The minimum Gasteiger partial charge on any atom is -0.463 e. The van der Waals surface area contributed by atoms with Gasteiger partial charge in [0.2, 0.25) is 0 Å². The summed E-state index contributed by atoms with van der Waals surface area (Å²) in [5.74, 6) is -1.23. The monoisotopic (exact) mass is 352 g/mol. The quantitative estimate of drug-likeness (QED) is 0.405. The van der Waals surface area contributed by atoms with Crippen molar-refractivity contribution in [3.8, 4) is 0 Å². The second-order valence-corrected chi connectivity index (χ2v) is 6.24. The molecule has 1 heterocycles. The maximum Gasteiger partial charge on any atom is 0.332 e. The van der Waals surface area contributed by atoms with E-state index in [1.807, 2.05) is 0 Å². The Kier molecular flexibility index (Phi) is 7.42. The molecular formula is C12H20N2O8S. The van der Waals surface area contributed by atoms with Crippen molar-refractivity contribution in [2.45, 2.75) is 13.8 Å². The maximum absolute atomic E-state index is 12.4. The zero-order valence-corrected chi connectivity index (χ0v) is 13.7. The van der Waals surface area contributed by atoms with Crippen molar-refractivity contribution < 1.29 is 37.3 Å². The van der Waals surface area contributed by atoms with Gasteiger partial charge in [0.25, 0.3) is 5.91 Å². The first-order valence-corrected chi connectivity index (χ1v) is 8.12. The van der Waals surface area contributed by atoms with Crippen LogP contribution in [0.2, 0.25) is 0 Å². The first-order chi connectivity index (χ1) is 10.8. The van der Waals surface area contributed by atoms with Crippen molar-refractivity contribution in [2.24, 2.45) is 0 Å². The summed E-state index contributed by atoms with van der Waals surface area (Å²) < 4.78 is 40.9. The van der Waals surface area contributed by atoms with Crippen LogP contribution in [0.5, 0.6) is 0 Å². The number of hydrogen-bond acceptors (Lipinski definition) is 8. The molecule has 0 unspecified atom stereocenters. The van der Waals surface area contributed by atoms with Gasteiger partial charge in [-0.1, -0.05) is 0 Å². The largest absolute Gasteiger partial charge is 0.463 e. The van der Waals surface area contributed by atoms with E-state index in [-0.39, 0.29) is 38.9 Å². The van der Waals surface area contributed by atoms with Crippen molar-refractivity contribution in [3.05, 3.63) is 11.8 Å². The molecule has 1 amide bonds. The average molecular weight is 352 g/mol. The van der Waals surface area contributed by atoms with Crippen LogP contribution in [0.25, 0.3) is 0 Å². The number of hydrogen-bond donors (Lipinski definition) is 1. The normalized spacial score (nSPS) is 17.2. The summed E-state index contributed by atoms with van der Waals surface area (Å²) in [5.41, 5.74) is 0.198. The predicted molar refractivity (Wildman–Crippen MR) is 76.7 cm³/mol. The Morgan fingerprint density at radius 2 is 1.78 bits per heavy atom. The fourth-order valence-electron chi connectivity index (χ4n) is 1.64. The SMILES string of the molecule is CC(=O)OCCOCN1C(=O)C=C(C)N(COCCO)S1(=O)=O. The third-order valence-electron chi connectivity index (χ3n) is 2.71. The maximum atomic E-state index is 12.4.